The quantitative estimate of drug-likeness (QED) is 0.314. The maximum atomic E-state index is 13.5. The summed E-state index contributed by atoms with van der Waals surface area (Å²) in [5, 5.41) is 11.5. The van der Waals surface area contributed by atoms with E-state index in [1.165, 1.54) is 54.5 Å². The Balaban J connectivity index is 1.91. The van der Waals surface area contributed by atoms with Crippen LogP contribution >= 0.6 is 34.7 Å². The first-order valence-electron chi connectivity index (χ1n) is 9.83. The van der Waals surface area contributed by atoms with Crippen molar-refractivity contribution in [1.29, 1.82) is 0 Å². The SMILES string of the molecule is COc1ccc(N(CC(=O)Nc2nnc(SC(C)C)s2)S(=O)(=O)c2ccc(C)cc2)cc1Cl. The zero-order valence-corrected chi connectivity index (χ0v) is 21.6. The minimum Gasteiger partial charge on any atom is -0.495 e. The topological polar surface area (TPSA) is 101 Å². The second-order valence-corrected chi connectivity index (χ2v) is 12.3. The van der Waals surface area contributed by atoms with Crippen molar-refractivity contribution >= 4 is 61.4 Å². The van der Waals surface area contributed by atoms with Crippen LogP contribution in [0.5, 0.6) is 5.75 Å². The summed E-state index contributed by atoms with van der Waals surface area (Å²) in [5.41, 5.74) is 1.14. The van der Waals surface area contributed by atoms with Crippen LogP contribution in [-0.4, -0.2) is 43.4 Å². The number of ether oxygens (including phenoxy) is 1. The summed E-state index contributed by atoms with van der Waals surface area (Å²) in [5.74, 6) is -0.170. The first kappa shape index (κ1) is 25.3. The maximum absolute atomic E-state index is 13.5. The van der Waals surface area contributed by atoms with Crippen molar-refractivity contribution in [2.45, 2.75) is 35.3 Å². The van der Waals surface area contributed by atoms with E-state index in [1.54, 1.807) is 18.2 Å². The zero-order valence-electron chi connectivity index (χ0n) is 18.4. The fourth-order valence-corrected chi connectivity index (χ4v) is 6.42. The molecule has 33 heavy (non-hydrogen) atoms. The standard InChI is InChI=1S/C21H23ClN4O4S3/c1-13(2)31-21-25-24-20(32-21)23-19(27)12-26(15-7-10-18(30-4)17(22)11-15)33(28,29)16-8-5-14(3)6-9-16/h5-11,13H,12H2,1-4H3,(H,23,24,27). The van der Waals surface area contributed by atoms with Gasteiger partial charge in [-0.1, -0.05) is 66.2 Å². The zero-order chi connectivity index (χ0) is 24.2. The van der Waals surface area contributed by atoms with E-state index in [1.807, 2.05) is 20.8 Å². The van der Waals surface area contributed by atoms with E-state index >= 15 is 0 Å². The van der Waals surface area contributed by atoms with Gasteiger partial charge in [-0.25, -0.2) is 8.42 Å². The molecule has 0 unspecified atom stereocenters. The number of amides is 1. The molecule has 0 bridgehead atoms. The van der Waals surface area contributed by atoms with E-state index < -0.39 is 22.5 Å². The van der Waals surface area contributed by atoms with Crippen LogP contribution in [0.1, 0.15) is 19.4 Å². The fraction of sp³-hybridized carbons (Fsp3) is 0.286. The van der Waals surface area contributed by atoms with Gasteiger partial charge in [0.1, 0.15) is 12.3 Å². The van der Waals surface area contributed by atoms with Gasteiger partial charge in [-0.2, -0.15) is 0 Å². The Labute approximate surface area is 206 Å². The molecule has 1 heterocycles. The van der Waals surface area contributed by atoms with Crippen LogP contribution in [0.2, 0.25) is 5.02 Å². The van der Waals surface area contributed by atoms with Gasteiger partial charge in [-0.15, -0.1) is 10.2 Å². The number of hydrogen-bond donors (Lipinski definition) is 1. The van der Waals surface area contributed by atoms with Crippen LogP contribution in [0.3, 0.4) is 0 Å². The number of benzene rings is 2. The molecule has 0 saturated heterocycles. The minimum absolute atomic E-state index is 0.0550. The van der Waals surface area contributed by atoms with Gasteiger partial charge in [0.2, 0.25) is 11.0 Å². The molecular formula is C21H23ClN4O4S3. The van der Waals surface area contributed by atoms with Crippen molar-refractivity contribution in [2.75, 3.05) is 23.3 Å². The molecule has 0 aliphatic rings. The lowest BCUT2D eigenvalue weighted by molar-refractivity contribution is -0.114. The second-order valence-electron chi connectivity index (χ2n) is 7.23. The maximum Gasteiger partial charge on any atom is 0.264 e. The Morgan fingerprint density at radius 1 is 1.21 bits per heavy atom. The van der Waals surface area contributed by atoms with E-state index in [0.717, 1.165) is 9.87 Å². The van der Waals surface area contributed by atoms with Gasteiger partial charge in [-0.05, 0) is 37.3 Å². The van der Waals surface area contributed by atoms with Gasteiger partial charge in [0.15, 0.2) is 4.34 Å². The van der Waals surface area contributed by atoms with Crippen LogP contribution < -0.4 is 14.4 Å². The molecule has 0 saturated carbocycles. The summed E-state index contributed by atoms with van der Waals surface area (Å²) in [7, 11) is -2.61. The number of nitrogens with one attached hydrogen (secondary N) is 1. The van der Waals surface area contributed by atoms with E-state index in [-0.39, 0.29) is 15.6 Å². The Morgan fingerprint density at radius 3 is 2.52 bits per heavy atom. The molecule has 1 N–H and O–H groups in total. The molecule has 3 rings (SSSR count). The van der Waals surface area contributed by atoms with E-state index in [4.69, 9.17) is 16.3 Å². The molecule has 0 radical (unpaired) electrons. The smallest absolute Gasteiger partial charge is 0.264 e. The number of hydrogen-bond acceptors (Lipinski definition) is 8. The number of anilines is 2. The second kappa shape index (κ2) is 10.7. The average molecular weight is 527 g/mol. The summed E-state index contributed by atoms with van der Waals surface area (Å²) in [4.78, 5) is 12.9. The van der Waals surface area contributed by atoms with E-state index in [2.05, 4.69) is 15.5 Å². The lowest BCUT2D eigenvalue weighted by Gasteiger charge is -2.24. The van der Waals surface area contributed by atoms with Crippen LogP contribution in [0.4, 0.5) is 10.8 Å². The molecule has 12 heteroatoms. The molecule has 0 aliphatic heterocycles. The predicted molar refractivity (Wildman–Crippen MR) is 133 cm³/mol. The average Bonchev–Trinajstić information content (AvgIpc) is 3.18. The number of rotatable bonds is 9. The summed E-state index contributed by atoms with van der Waals surface area (Å²) in [6.45, 7) is 5.43. The Morgan fingerprint density at radius 2 is 1.91 bits per heavy atom. The van der Waals surface area contributed by atoms with Crippen molar-refractivity contribution in [1.82, 2.24) is 10.2 Å². The molecule has 1 aromatic heterocycles. The number of aryl methyl sites for hydroxylation is 1. The van der Waals surface area contributed by atoms with Gasteiger partial charge in [0.05, 0.1) is 22.7 Å². The Bertz CT molecular complexity index is 1230. The highest BCUT2D eigenvalue weighted by Gasteiger charge is 2.28. The van der Waals surface area contributed by atoms with E-state index in [9.17, 15) is 13.2 Å². The number of thioether (sulfide) groups is 1. The fourth-order valence-electron chi connectivity index (χ4n) is 2.76. The molecule has 1 amide bonds. The first-order chi connectivity index (χ1) is 15.6. The number of methoxy groups -OCH3 is 1. The number of aromatic nitrogens is 2. The lowest BCUT2D eigenvalue weighted by Crippen LogP contribution is -2.38. The summed E-state index contributed by atoms with van der Waals surface area (Å²) in [6.07, 6.45) is 0. The summed E-state index contributed by atoms with van der Waals surface area (Å²) >= 11 is 8.99. The Hall–Kier alpha value is -2.34. The number of sulfonamides is 1. The van der Waals surface area contributed by atoms with E-state index in [0.29, 0.717) is 20.5 Å². The van der Waals surface area contributed by atoms with Gasteiger partial charge < -0.3 is 4.74 Å². The Kier molecular flexibility index (Phi) is 8.22. The normalized spacial score (nSPS) is 11.5. The van der Waals surface area contributed by atoms with Crippen molar-refractivity contribution in [3.63, 3.8) is 0 Å². The lowest BCUT2D eigenvalue weighted by atomic mass is 10.2. The molecule has 0 spiro atoms. The third-order valence-corrected chi connectivity index (χ3v) is 8.32. The number of carbonyl (C=O) groups is 1. The highest BCUT2D eigenvalue weighted by Crippen LogP contribution is 2.32. The third kappa shape index (κ3) is 6.38. The largest absolute Gasteiger partial charge is 0.495 e. The van der Waals surface area contributed by atoms with Gasteiger partial charge >= 0.3 is 0 Å². The minimum atomic E-state index is -4.07. The molecule has 0 aliphatic carbocycles. The van der Waals surface area contributed by atoms with Gasteiger partial charge in [0, 0.05) is 5.25 Å². The van der Waals surface area contributed by atoms with Crippen LogP contribution in [-0.2, 0) is 14.8 Å². The highest BCUT2D eigenvalue weighted by atomic mass is 35.5. The summed E-state index contributed by atoms with van der Waals surface area (Å²) < 4.78 is 33.8. The molecule has 3 aromatic rings. The van der Waals surface area contributed by atoms with Crippen LogP contribution in [0.25, 0.3) is 0 Å². The molecule has 8 nitrogen and oxygen atoms in total. The van der Waals surface area contributed by atoms with Gasteiger partial charge in [-0.3, -0.25) is 14.4 Å². The van der Waals surface area contributed by atoms with Gasteiger partial charge in [0.25, 0.3) is 10.0 Å². The first-order valence-corrected chi connectivity index (χ1v) is 13.3. The molecular weight excluding hydrogens is 504 g/mol. The van der Waals surface area contributed by atoms with Crippen molar-refractivity contribution < 1.29 is 17.9 Å². The number of halogens is 1. The molecule has 176 valence electrons. The van der Waals surface area contributed by atoms with Crippen molar-refractivity contribution in [3.05, 3.63) is 53.1 Å². The van der Waals surface area contributed by atoms with Crippen molar-refractivity contribution in [3.8, 4) is 5.75 Å². The van der Waals surface area contributed by atoms with Crippen LogP contribution in [0, 0.1) is 6.92 Å². The molecule has 0 fully saturated rings. The monoisotopic (exact) mass is 526 g/mol. The third-order valence-electron chi connectivity index (χ3n) is 4.31. The van der Waals surface area contributed by atoms with Crippen molar-refractivity contribution in [2.24, 2.45) is 0 Å². The summed E-state index contributed by atoms with van der Waals surface area (Å²) in [6, 6.07) is 10.9. The highest BCUT2D eigenvalue weighted by molar-refractivity contribution is 8.01. The number of carbonyl (C=O) groups excluding carboxylic acids is 1. The predicted octanol–water partition coefficient (Wildman–Crippen LogP) is 4.84. The number of nitrogens with zero attached hydrogens (tertiary/aromatic N) is 3. The molecule has 2 aromatic carbocycles. The van der Waals surface area contributed by atoms with Crippen LogP contribution in [0.15, 0.2) is 51.7 Å². The molecule has 0 atom stereocenters.